The van der Waals surface area contributed by atoms with E-state index in [1.807, 2.05) is 72.8 Å². The van der Waals surface area contributed by atoms with Gasteiger partial charge < -0.3 is 22.2 Å². The largest absolute Gasteiger partial charge is 0.456 e. The van der Waals surface area contributed by atoms with Crippen LogP contribution in [0.1, 0.15) is 25.0 Å². The van der Waals surface area contributed by atoms with Gasteiger partial charge in [0.2, 0.25) is 11.9 Å². The predicted molar refractivity (Wildman–Crippen MR) is 491 cm³/mol. The van der Waals surface area contributed by atoms with Crippen LogP contribution in [-0.2, 0) is 5.41 Å². The summed E-state index contributed by atoms with van der Waals surface area (Å²) in [6, 6.07) is 127. The van der Waals surface area contributed by atoms with Crippen LogP contribution in [0.2, 0.25) is 0 Å². The molecular weight excluding hydrogens is 1470 g/mol. The van der Waals surface area contributed by atoms with Crippen molar-refractivity contribution >= 4 is 175 Å². The maximum Gasteiger partial charge on any atom is 0.235 e. The molecule has 1 aliphatic carbocycles. The minimum Gasteiger partial charge on any atom is -0.456 e. The van der Waals surface area contributed by atoms with Gasteiger partial charge in [0.05, 0.1) is 55.5 Å². The highest BCUT2D eigenvalue weighted by molar-refractivity contribution is 6.21. The standard InChI is InChI=1S/C56H32N4O2.C53H33N3O2/c1-2-13-35(14-3-1)59-47-22-9-5-15-36(47)42-29-33(25-27-48(42)59)34-26-28-49-43(30-34)44-31-45-38-17-7-10-23-51(38)61-53(45)32-50(44)60(49)56-57-46-21-8-4-18-40(46)54(58-56)41-20-12-19-39-37-16-6-11-24-52(37)62-55(39)41;1-53(2)42-18-7-3-12-32(42)38-26-30(22-24-43(38)53)31-23-25-45-39(27-31)40-28-41-34-14-6-9-20-47(34)57-49(41)29-46(40)56(45)52-54-44-19-8-4-15-36(44)50(55-52)37-17-11-16-35-33-13-5-10-21-48(33)58-51(35)37/h1-32H;3-29H,1-2H3. The van der Waals surface area contributed by atoms with Crippen molar-refractivity contribution in [3.8, 4) is 73.5 Å². The predicted octanol–water partition coefficient (Wildman–Crippen LogP) is 29.1. The number of hydrogen-bond acceptors (Lipinski definition) is 8. The number of hydrogen-bond donors (Lipinski definition) is 0. The summed E-state index contributed by atoms with van der Waals surface area (Å²) >= 11 is 0. The third-order valence-electron chi connectivity index (χ3n) is 25.4. The van der Waals surface area contributed by atoms with Crippen molar-refractivity contribution < 1.29 is 17.7 Å². The van der Waals surface area contributed by atoms with E-state index in [0.29, 0.717) is 11.9 Å². The first-order valence-electron chi connectivity index (χ1n) is 40.7. The van der Waals surface area contributed by atoms with Crippen LogP contribution in [0.25, 0.3) is 248 Å². The molecule has 0 spiro atoms. The lowest BCUT2D eigenvalue weighted by atomic mass is 9.82. The number of furan rings is 4. The average molecular weight is 1540 g/mol. The summed E-state index contributed by atoms with van der Waals surface area (Å²) in [6.07, 6.45) is 0. The average Bonchev–Trinajstić information content (AvgIpc) is 1.55. The lowest BCUT2D eigenvalue weighted by molar-refractivity contribution is 0.660. The summed E-state index contributed by atoms with van der Waals surface area (Å²) in [5.74, 6) is 1.16. The molecule has 0 radical (unpaired) electrons. The zero-order valence-electron chi connectivity index (χ0n) is 64.8. The van der Waals surface area contributed by atoms with E-state index in [1.54, 1.807) is 0 Å². The number of fused-ring (bicyclic) bond motifs is 26. The van der Waals surface area contributed by atoms with Crippen molar-refractivity contribution in [3.63, 3.8) is 0 Å². The van der Waals surface area contributed by atoms with Gasteiger partial charge in [0, 0.05) is 121 Å². The molecule has 0 saturated carbocycles. The molecule has 27 rings (SSSR count). The summed E-state index contributed by atoms with van der Waals surface area (Å²) in [5.41, 5.74) is 29.3. The van der Waals surface area contributed by atoms with Gasteiger partial charge in [-0.2, -0.15) is 0 Å². The van der Waals surface area contributed by atoms with Crippen LogP contribution in [0.3, 0.4) is 0 Å². The Morgan fingerprint density at radius 1 is 0.217 bits per heavy atom. The van der Waals surface area contributed by atoms with Gasteiger partial charge in [-0.1, -0.05) is 238 Å². The fraction of sp³-hybridized carbons (Fsp3) is 0.0275. The van der Waals surface area contributed by atoms with Crippen LogP contribution in [0.4, 0.5) is 0 Å². The second-order valence-corrected chi connectivity index (χ2v) is 32.3. The molecule has 0 atom stereocenters. The molecule has 0 bridgehead atoms. The summed E-state index contributed by atoms with van der Waals surface area (Å²) < 4.78 is 32.9. The molecule has 0 amide bonds. The fourth-order valence-electron chi connectivity index (χ4n) is 19.8. The molecule has 17 aromatic carbocycles. The van der Waals surface area contributed by atoms with Crippen molar-refractivity contribution in [1.82, 2.24) is 33.6 Å². The highest BCUT2D eigenvalue weighted by atomic mass is 16.3. The van der Waals surface area contributed by atoms with Crippen molar-refractivity contribution in [2.75, 3.05) is 0 Å². The Labute approximate surface area is 683 Å². The first-order valence-corrected chi connectivity index (χ1v) is 40.7. The monoisotopic (exact) mass is 1540 g/mol. The van der Waals surface area contributed by atoms with Gasteiger partial charge in [0.1, 0.15) is 44.7 Å². The molecule has 0 aliphatic heterocycles. The lowest BCUT2D eigenvalue weighted by Gasteiger charge is -2.21. The molecule has 120 heavy (non-hydrogen) atoms. The van der Waals surface area contributed by atoms with Gasteiger partial charge in [-0.05, 0) is 166 Å². The Morgan fingerprint density at radius 3 is 1.11 bits per heavy atom. The van der Waals surface area contributed by atoms with E-state index in [2.05, 4.69) is 313 Å². The number of benzene rings is 17. The van der Waals surface area contributed by atoms with Crippen LogP contribution in [0, 0.1) is 0 Å². The van der Waals surface area contributed by atoms with E-state index in [9.17, 15) is 0 Å². The SMILES string of the molecule is CC1(C)c2ccccc2-c2cc(-c3ccc4c(c3)c3cc5c(cc3n4-c3nc(-c4cccc6c4oc4ccccc46)c4ccccc4n3)oc3ccccc35)ccc21.c1ccc(-n2c3ccccc3c3cc(-c4ccc5c(c4)c4cc6c(cc4n5-c4nc(-c5cccc7c5oc5ccccc57)c5ccccc5n4)oc4ccccc46)ccc32)cc1. The summed E-state index contributed by atoms with van der Waals surface area (Å²) in [7, 11) is 0. The summed E-state index contributed by atoms with van der Waals surface area (Å²) in [6.45, 7) is 4.66. The Bertz CT molecular complexity index is 8930. The van der Waals surface area contributed by atoms with Crippen LogP contribution < -0.4 is 0 Å². The van der Waals surface area contributed by atoms with Crippen LogP contribution in [0.15, 0.2) is 376 Å². The number of rotatable bonds is 7. The minimum atomic E-state index is -0.0464. The first-order chi connectivity index (χ1) is 59.2. The van der Waals surface area contributed by atoms with E-state index in [1.165, 1.54) is 49.6 Å². The van der Waals surface area contributed by atoms with Crippen LogP contribution >= 0.6 is 0 Å². The normalized spacial score (nSPS) is 12.8. The maximum absolute atomic E-state index is 6.58. The molecule has 11 heteroatoms. The molecule has 9 heterocycles. The fourth-order valence-corrected chi connectivity index (χ4v) is 19.8. The Kier molecular flexibility index (Phi) is 13.8. The van der Waals surface area contributed by atoms with Gasteiger partial charge in [0.25, 0.3) is 0 Å². The van der Waals surface area contributed by atoms with E-state index < -0.39 is 0 Å². The van der Waals surface area contributed by atoms with E-state index >= 15 is 0 Å². The highest BCUT2D eigenvalue weighted by Crippen LogP contribution is 2.52. The van der Waals surface area contributed by atoms with E-state index in [0.717, 1.165) is 198 Å². The number of aromatic nitrogens is 7. The molecular formula is C109H65N7O4. The van der Waals surface area contributed by atoms with Crippen LogP contribution in [0.5, 0.6) is 0 Å². The zero-order valence-corrected chi connectivity index (χ0v) is 64.8. The zero-order chi connectivity index (χ0) is 78.7. The number of nitrogens with zero attached hydrogens (tertiary/aromatic N) is 7. The first kappa shape index (κ1) is 66.3. The lowest BCUT2D eigenvalue weighted by Crippen LogP contribution is -2.14. The number of para-hydroxylation sites is 10. The Hall–Kier alpha value is -16.0. The third kappa shape index (κ3) is 9.68. The summed E-state index contributed by atoms with van der Waals surface area (Å²) in [4.78, 5) is 21.6. The molecule has 11 nitrogen and oxygen atoms in total. The third-order valence-corrected chi connectivity index (χ3v) is 25.4. The van der Waals surface area contributed by atoms with Crippen molar-refractivity contribution in [3.05, 3.63) is 369 Å². The van der Waals surface area contributed by atoms with E-state index in [-0.39, 0.29) is 5.41 Å². The summed E-state index contributed by atoms with van der Waals surface area (Å²) in [5, 5.41) is 17.4. The molecule has 0 unspecified atom stereocenters. The Morgan fingerprint density at radius 2 is 0.583 bits per heavy atom. The van der Waals surface area contributed by atoms with Crippen molar-refractivity contribution in [2.45, 2.75) is 19.3 Å². The van der Waals surface area contributed by atoms with Gasteiger partial charge >= 0.3 is 0 Å². The van der Waals surface area contributed by atoms with Crippen LogP contribution in [-0.4, -0.2) is 33.6 Å². The van der Waals surface area contributed by atoms with Crippen molar-refractivity contribution in [1.29, 1.82) is 0 Å². The topological polar surface area (TPSA) is 119 Å². The van der Waals surface area contributed by atoms with Gasteiger partial charge in [-0.25, -0.2) is 19.9 Å². The molecule has 0 N–H and O–H groups in total. The molecule has 1 aliphatic rings. The highest BCUT2D eigenvalue weighted by Gasteiger charge is 2.36. The Balaban J connectivity index is 0.000000130. The molecule has 0 saturated heterocycles. The molecule has 9 aromatic heterocycles. The van der Waals surface area contributed by atoms with Crippen molar-refractivity contribution in [2.24, 2.45) is 0 Å². The van der Waals surface area contributed by atoms with Gasteiger partial charge in [-0.15, -0.1) is 0 Å². The van der Waals surface area contributed by atoms with E-state index in [4.69, 9.17) is 37.6 Å². The van der Waals surface area contributed by atoms with Gasteiger partial charge in [-0.3, -0.25) is 9.13 Å². The smallest absolute Gasteiger partial charge is 0.235 e. The molecule has 0 fully saturated rings. The maximum atomic E-state index is 6.58. The second kappa shape index (κ2) is 25.0. The second-order valence-electron chi connectivity index (χ2n) is 32.3. The quantitative estimate of drug-likeness (QED) is 0.155. The molecule has 560 valence electrons. The minimum absolute atomic E-state index is 0.0464. The van der Waals surface area contributed by atoms with Gasteiger partial charge in [0.15, 0.2) is 0 Å². The molecule has 26 aromatic rings.